The summed E-state index contributed by atoms with van der Waals surface area (Å²) >= 11 is 0. The molecule has 8 nitrogen and oxygen atoms in total. The topological polar surface area (TPSA) is 91.8 Å². The molecule has 2 fully saturated rings. The van der Waals surface area contributed by atoms with E-state index >= 15 is 0 Å². The number of aromatic nitrogens is 2. The number of pyridine rings is 2. The van der Waals surface area contributed by atoms with E-state index in [9.17, 15) is 4.79 Å². The molecule has 2 aromatic heterocycles. The second-order valence-corrected chi connectivity index (χ2v) is 8.39. The number of carbonyl (C=O) groups excluding carboxylic acids is 1. The van der Waals surface area contributed by atoms with Gasteiger partial charge in [-0.1, -0.05) is 0 Å². The van der Waals surface area contributed by atoms with Crippen molar-refractivity contribution in [1.82, 2.24) is 15.3 Å². The molecule has 0 aliphatic carbocycles. The smallest absolute Gasteiger partial charge is 0.223 e. The van der Waals surface area contributed by atoms with Crippen LogP contribution in [0.2, 0.25) is 0 Å². The number of amides is 1. The molecule has 2 aliphatic heterocycles. The first-order chi connectivity index (χ1) is 16.2. The molecule has 2 saturated heterocycles. The zero-order valence-corrected chi connectivity index (χ0v) is 18.6. The van der Waals surface area contributed by atoms with Gasteiger partial charge in [0.2, 0.25) is 11.8 Å². The van der Waals surface area contributed by atoms with E-state index in [-0.39, 0.29) is 17.9 Å². The van der Waals surface area contributed by atoms with Crippen molar-refractivity contribution in [2.45, 2.75) is 25.4 Å². The van der Waals surface area contributed by atoms with Crippen molar-refractivity contribution in [1.29, 1.82) is 0 Å². The highest BCUT2D eigenvalue weighted by Gasteiger charge is 2.23. The van der Waals surface area contributed by atoms with Crippen molar-refractivity contribution < 1.29 is 23.7 Å². The zero-order valence-electron chi connectivity index (χ0n) is 18.6. The maximum atomic E-state index is 11.5. The molecule has 4 heterocycles. The highest BCUT2D eigenvalue weighted by molar-refractivity contribution is 5.87. The monoisotopic (exact) mass is 449 g/mol. The van der Waals surface area contributed by atoms with E-state index < -0.39 is 0 Å². The highest BCUT2D eigenvalue weighted by Crippen LogP contribution is 2.35. The Bertz CT molecular complexity index is 1150. The van der Waals surface area contributed by atoms with E-state index in [4.69, 9.17) is 23.9 Å². The fourth-order valence-corrected chi connectivity index (χ4v) is 4.19. The standard InChI is InChI=1S/C25H27N3O5/c1-30-23-11-17(6-7-22(23)33-18-4-3-9-31-15-18)20-12-21-19(5-2-8-26-21)25(28-20)32-14-16-10-24(29)27-13-16/h2,5-8,11-12,16,18H,3-4,9-10,13-15H2,1H3,(H,27,29)/t16-,18-/m1/s1. The Labute approximate surface area is 192 Å². The van der Waals surface area contributed by atoms with Crippen LogP contribution in [0.25, 0.3) is 22.2 Å². The van der Waals surface area contributed by atoms with Gasteiger partial charge >= 0.3 is 0 Å². The lowest BCUT2D eigenvalue weighted by molar-refractivity contribution is -0.119. The first kappa shape index (κ1) is 21.5. The third kappa shape index (κ3) is 4.85. The van der Waals surface area contributed by atoms with Gasteiger partial charge in [-0.15, -0.1) is 0 Å². The van der Waals surface area contributed by atoms with Crippen molar-refractivity contribution in [3.63, 3.8) is 0 Å². The largest absolute Gasteiger partial charge is 0.493 e. The zero-order chi connectivity index (χ0) is 22.6. The van der Waals surface area contributed by atoms with Gasteiger partial charge in [-0.25, -0.2) is 4.98 Å². The van der Waals surface area contributed by atoms with Crippen LogP contribution < -0.4 is 19.5 Å². The van der Waals surface area contributed by atoms with Crippen molar-refractivity contribution in [2.24, 2.45) is 5.92 Å². The van der Waals surface area contributed by atoms with Crippen LogP contribution in [0.3, 0.4) is 0 Å². The van der Waals surface area contributed by atoms with E-state index in [0.29, 0.717) is 43.6 Å². The Hall–Kier alpha value is -3.39. The highest BCUT2D eigenvalue weighted by atomic mass is 16.5. The normalized spacial score (nSPS) is 20.5. The van der Waals surface area contributed by atoms with Crippen molar-refractivity contribution in [3.8, 4) is 28.6 Å². The number of nitrogens with one attached hydrogen (secondary N) is 1. The molecule has 1 aromatic carbocycles. The summed E-state index contributed by atoms with van der Waals surface area (Å²) in [6.45, 7) is 2.42. The summed E-state index contributed by atoms with van der Waals surface area (Å²) in [6.07, 6.45) is 4.21. The number of ether oxygens (including phenoxy) is 4. The molecule has 0 spiro atoms. The lowest BCUT2D eigenvalue weighted by atomic mass is 10.1. The number of rotatable bonds is 7. The van der Waals surface area contributed by atoms with E-state index in [1.165, 1.54) is 0 Å². The molecule has 172 valence electrons. The molecule has 0 bridgehead atoms. The number of nitrogens with zero attached hydrogens (tertiary/aromatic N) is 2. The second kappa shape index (κ2) is 9.62. The fourth-order valence-electron chi connectivity index (χ4n) is 4.19. The first-order valence-corrected chi connectivity index (χ1v) is 11.3. The minimum Gasteiger partial charge on any atom is -0.493 e. The van der Waals surface area contributed by atoms with Gasteiger partial charge in [0, 0.05) is 37.3 Å². The Morgan fingerprint density at radius 2 is 2.15 bits per heavy atom. The number of fused-ring (bicyclic) bond motifs is 1. The van der Waals surface area contributed by atoms with Gasteiger partial charge in [-0.2, -0.15) is 0 Å². The summed E-state index contributed by atoms with van der Waals surface area (Å²) in [5.41, 5.74) is 2.38. The first-order valence-electron chi connectivity index (χ1n) is 11.3. The van der Waals surface area contributed by atoms with Crippen LogP contribution in [0.5, 0.6) is 17.4 Å². The maximum absolute atomic E-state index is 11.5. The number of benzene rings is 1. The van der Waals surface area contributed by atoms with Crippen LogP contribution in [0.15, 0.2) is 42.6 Å². The van der Waals surface area contributed by atoms with Crippen LogP contribution in [-0.4, -0.2) is 55.5 Å². The average Bonchev–Trinajstić information content (AvgIpc) is 3.28. The summed E-state index contributed by atoms with van der Waals surface area (Å²) in [5.74, 6) is 2.03. The lowest BCUT2D eigenvalue weighted by Crippen LogP contribution is -2.28. The molecular formula is C25H27N3O5. The number of hydrogen-bond donors (Lipinski definition) is 1. The van der Waals surface area contributed by atoms with Gasteiger partial charge in [-0.3, -0.25) is 9.78 Å². The predicted octanol–water partition coefficient (Wildman–Crippen LogP) is 3.38. The van der Waals surface area contributed by atoms with E-state index in [1.54, 1.807) is 13.3 Å². The Morgan fingerprint density at radius 1 is 1.21 bits per heavy atom. The Balaban J connectivity index is 1.43. The van der Waals surface area contributed by atoms with E-state index in [0.717, 1.165) is 41.6 Å². The molecule has 1 amide bonds. The molecule has 1 N–H and O–H groups in total. The van der Waals surface area contributed by atoms with Gasteiger partial charge in [0.1, 0.15) is 6.10 Å². The summed E-state index contributed by atoms with van der Waals surface area (Å²) in [6, 6.07) is 11.5. The fraction of sp³-hybridized carbons (Fsp3) is 0.400. The molecular weight excluding hydrogens is 422 g/mol. The van der Waals surface area contributed by atoms with Crippen LogP contribution in [0.4, 0.5) is 0 Å². The number of hydrogen-bond acceptors (Lipinski definition) is 7. The summed E-state index contributed by atoms with van der Waals surface area (Å²) in [4.78, 5) is 20.8. The molecule has 2 atom stereocenters. The number of carbonyl (C=O) groups is 1. The molecule has 0 radical (unpaired) electrons. The van der Waals surface area contributed by atoms with Crippen LogP contribution in [0, 0.1) is 5.92 Å². The molecule has 3 aromatic rings. The molecule has 0 saturated carbocycles. The SMILES string of the molecule is COc1cc(-c2cc3ncccc3c(OC[C@H]3CNC(=O)C3)n2)ccc1O[C@@H]1CCCOC1. The van der Waals surface area contributed by atoms with Crippen molar-refractivity contribution >= 4 is 16.8 Å². The number of methoxy groups -OCH3 is 1. The maximum Gasteiger partial charge on any atom is 0.223 e. The van der Waals surface area contributed by atoms with Crippen LogP contribution in [0.1, 0.15) is 19.3 Å². The Morgan fingerprint density at radius 3 is 2.94 bits per heavy atom. The third-order valence-electron chi connectivity index (χ3n) is 5.95. The van der Waals surface area contributed by atoms with Crippen molar-refractivity contribution in [2.75, 3.05) is 33.5 Å². The summed E-state index contributed by atoms with van der Waals surface area (Å²) < 4.78 is 23.3. The predicted molar refractivity (Wildman–Crippen MR) is 123 cm³/mol. The average molecular weight is 450 g/mol. The van der Waals surface area contributed by atoms with Gasteiger partial charge in [0.15, 0.2) is 11.5 Å². The molecule has 2 aliphatic rings. The summed E-state index contributed by atoms with van der Waals surface area (Å²) in [7, 11) is 1.63. The van der Waals surface area contributed by atoms with Gasteiger partial charge in [0.25, 0.3) is 0 Å². The molecule has 0 unspecified atom stereocenters. The van der Waals surface area contributed by atoms with Gasteiger partial charge < -0.3 is 24.3 Å². The van der Waals surface area contributed by atoms with Crippen molar-refractivity contribution in [3.05, 3.63) is 42.6 Å². The van der Waals surface area contributed by atoms with Gasteiger partial charge in [-0.05, 0) is 49.2 Å². The molecule has 8 heteroatoms. The second-order valence-electron chi connectivity index (χ2n) is 8.39. The van der Waals surface area contributed by atoms with Crippen LogP contribution in [-0.2, 0) is 9.53 Å². The molecule has 5 rings (SSSR count). The lowest BCUT2D eigenvalue weighted by Gasteiger charge is -2.24. The Kier molecular flexibility index (Phi) is 6.26. The quantitative estimate of drug-likeness (QED) is 0.591. The minimum absolute atomic E-state index is 0.0263. The van der Waals surface area contributed by atoms with Gasteiger partial charge in [0.05, 0.1) is 36.9 Å². The minimum atomic E-state index is 0.0263. The summed E-state index contributed by atoms with van der Waals surface area (Å²) in [5, 5.41) is 3.68. The third-order valence-corrected chi connectivity index (χ3v) is 5.95. The van der Waals surface area contributed by atoms with E-state index in [1.807, 2.05) is 36.4 Å². The molecule has 33 heavy (non-hydrogen) atoms. The van der Waals surface area contributed by atoms with Crippen LogP contribution >= 0.6 is 0 Å². The van der Waals surface area contributed by atoms with E-state index in [2.05, 4.69) is 10.3 Å².